The number of aliphatic hydroxyl groups is 1. The molecular formula is C15H29NO. The van der Waals surface area contributed by atoms with Crippen LogP contribution in [0.3, 0.4) is 0 Å². The van der Waals surface area contributed by atoms with Crippen molar-refractivity contribution in [3.05, 3.63) is 0 Å². The van der Waals surface area contributed by atoms with Gasteiger partial charge in [-0.25, -0.2) is 0 Å². The Balaban J connectivity index is 1.93. The number of nitrogens with zero attached hydrogens (tertiary/aromatic N) is 1. The van der Waals surface area contributed by atoms with Crippen LogP contribution in [0.1, 0.15) is 53.4 Å². The van der Waals surface area contributed by atoms with Gasteiger partial charge in [0.05, 0.1) is 6.10 Å². The molecule has 1 saturated carbocycles. The molecule has 4 unspecified atom stereocenters. The largest absolute Gasteiger partial charge is 0.392 e. The van der Waals surface area contributed by atoms with Crippen LogP contribution in [-0.2, 0) is 0 Å². The quantitative estimate of drug-likeness (QED) is 0.801. The first-order valence-corrected chi connectivity index (χ1v) is 7.34. The minimum absolute atomic E-state index is 0.105. The van der Waals surface area contributed by atoms with Crippen molar-refractivity contribution >= 4 is 0 Å². The molecule has 0 amide bonds. The fraction of sp³-hybridized carbons (Fsp3) is 1.00. The van der Waals surface area contributed by atoms with Crippen LogP contribution in [0.25, 0.3) is 0 Å². The number of likely N-dealkylation sites (tertiary alicyclic amines) is 1. The predicted octanol–water partition coefficient (Wildman–Crippen LogP) is 2.90. The molecule has 100 valence electrons. The second-order valence-corrected chi connectivity index (χ2v) is 7.09. The van der Waals surface area contributed by atoms with E-state index in [4.69, 9.17) is 0 Å². The highest BCUT2D eigenvalue weighted by Gasteiger charge is 2.42. The van der Waals surface area contributed by atoms with Crippen LogP contribution in [0.15, 0.2) is 0 Å². The lowest BCUT2D eigenvalue weighted by atomic mass is 9.86. The van der Waals surface area contributed by atoms with Crippen LogP contribution >= 0.6 is 0 Å². The summed E-state index contributed by atoms with van der Waals surface area (Å²) in [6.07, 6.45) is 4.98. The first kappa shape index (κ1) is 13.4. The van der Waals surface area contributed by atoms with Gasteiger partial charge >= 0.3 is 0 Å². The molecule has 2 aliphatic rings. The number of hydrogen-bond donors (Lipinski definition) is 1. The zero-order valence-corrected chi connectivity index (χ0v) is 11.9. The molecule has 17 heavy (non-hydrogen) atoms. The molecule has 1 aliphatic heterocycles. The third-order valence-corrected chi connectivity index (χ3v) is 5.38. The van der Waals surface area contributed by atoms with Crippen LogP contribution < -0.4 is 0 Å². The molecule has 1 N–H and O–H groups in total. The van der Waals surface area contributed by atoms with Crippen molar-refractivity contribution in [2.24, 2.45) is 17.3 Å². The fourth-order valence-corrected chi connectivity index (χ4v) is 3.67. The predicted molar refractivity (Wildman–Crippen MR) is 71.9 cm³/mol. The average Bonchev–Trinajstić information content (AvgIpc) is 2.52. The molecule has 2 rings (SSSR count). The highest BCUT2D eigenvalue weighted by atomic mass is 16.3. The lowest BCUT2D eigenvalue weighted by molar-refractivity contribution is 0.0155. The molecule has 0 spiro atoms. The van der Waals surface area contributed by atoms with E-state index in [1.165, 1.54) is 32.2 Å². The fourth-order valence-electron chi connectivity index (χ4n) is 3.67. The summed E-state index contributed by atoms with van der Waals surface area (Å²) in [7, 11) is 0. The summed E-state index contributed by atoms with van der Waals surface area (Å²) >= 11 is 0. The summed E-state index contributed by atoms with van der Waals surface area (Å²) in [4.78, 5) is 2.61. The Morgan fingerprint density at radius 3 is 2.53 bits per heavy atom. The zero-order chi connectivity index (χ0) is 12.6. The van der Waals surface area contributed by atoms with Gasteiger partial charge in [0, 0.05) is 12.6 Å². The van der Waals surface area contributed by atoms with Crippen LogP contribution in [0.2, 0.25) is 0 Å². The standard InChI is InChI=1S/C15H29NO/c1-11-6-5-9-16(12(11)2)10-13-7-8-15(3,4)14(13)17/h11-14,17H,5-10H2,1-4H3. The Hall–Kier alpha value is -0.0800. The summed E-state index contributed by atoms with van der Waals surface area (Å²) in [5.74, 6) is 1.31. The van der Waals surface area contributed by atoms with Gasteiger partial charge < -0.3 is 10.0 Å². The monoisotopic (exact) mass is 239 g/mol. The molecule has 0 radical (unpaired) electrons. The van der Waals surface area contributed by atoms with Gasteiger partial charge in [-0.3, -0.25) is 0 Å². The SMILES string of the molecule is CC1CCCN(CC2CCC(C)(C)C2O)C1C. The van der Waals surface area contributed by atoms with Gasteiger partial charge in [-0.1, -0.05) is 20.8 Å². The number of hydrogen-bond acceptors (Lipinski definition) is 2. The van der Waals surface area contributed by atoms with Crippen LogP contribution in [0.5, 0.6) is 0 Å². The van der Waals surface area contributed by atoms with Gasteiger partial charge in [-0.05, 0) is 56.4 Å². The van der Waals surface area contributed by atoms with Crippen LogP contribution in [0, 0.1) is 17.3 Å². The second-order valence-electron chi connectivity index (χ2n) is 7.09. The van der Waals surface area contributed by atoms with Gasteiger partial charge in [0.25, 0.3) is 0 Å². The summed E-state index contributed by atoms with van der Waals surface area (Å²) < 4.78 is 0. The third kappa shape index (κ3) is 2.68. The van der Waals surface area contributed by atoms with Crippen molar-refractivity contribution in [1.82, 2.24) is 4.90 Å². The maximum absolute atomic E-state index is 10.4. The van der Waals surface area contributed by atoms with Crippen molar-refractivity contribution < 1.29 is 5.11 Å². The Morgan fingerprint density at radius 1 is 1.24 bits per heavy atom. The van der Waals surface area contributed by atoms with E-state index >= 15 is 0 Å². The van der Waals surface area contributed by atoms with Crippen molar-refractivity contribution in [1.29, 1.82) is 0 Å². The molecule has 2 heteroatoms. The average molecular weight is 239 g/mol. The van der Waals surface area contributed by atoms with E-state index in [-0.39, 0.29) is 11.5 Å². The number of aliphatic hydroxyl groups excluding tert-OH is 1. The van der Waals surface area contributed by atoms with Gasteiger partial charge in [0.15, 0.2) is 0 Å². The highest BCUT2D eigenvalue weighted by Crippen LogP contribution is 2.42. The first-order valence-electron chi connectivity index (χ1n) is 7.34. The minimum Gasteiger partial charge on any atom is -0.392 e. The Bertz CT molecular complexity index is 264. The van der Waals surface area contributed by atoms with Crippen molar-refractivity contribution in [3.8, 4) is 0 Å². The van der Waals surface area contributed by atoms with E-state index in [2.05, 4.69) is 32.6 Å². The minimum atomic E-state index is -0.105. The molecule has 0 aromatic carbocycles. The molecule has 0 bridgehead atoms. The molecular weight excluding hydrogens is 210 g/mol. The molecule has 1 heterocycles. The van der Waals surface area contributed by atoms with E-state index in [1.54, 1.807) is 0 Å². The maximum atomic E-state index is 10.4. The normalized spacial score (nSPS) is 42.9. The molecule has 2 fully saturated rings. The van der Waals surface area contributed by atoms with Crippen molar-refractivity contribution in [2.45, 2.75) is 65.5 Å². The summed E-state index contributed by atoms with van der Waals surface area (Å²) in [5.41, 5.74) is 0.134. The molecule has 0 aromatic rings. The van der Waals surface area contributed by atoms with Crippen molar-refractivity contribution in [2.75, 3.05) is 13.1 Å². The van der Waals surface area contributed by atoms with Crippen molar-refractivity contribution in [3.63, 3.8) is 0 Å². The third-order valence-electron chi connectivity index (χ3n) is 5.38. The van der Waals surface area contributed by atoms with E-state index in [0.29, 0.717) is 12.0 Å². The Labute approximate surface area is 106 Å². The Kier molecular flexibility index (Phi) is 3.84. The Morgan fingerprint density at radius 2 is 1.94 bits per heavy atom. The number of piperidine rings is 1. The van der Waals surface area contributed by atoms with Gasteiger partial charge in [-0.2, -0.15) is 0 Å². The maximum Gasteiger partial charge on any atom is 0.0631 e. The van der Waals surface area contributed by atoms with Gasteiger partial charge in [0.2, 0.25) is 0 Å². The summed E-state index contributed by atoms with van der Waals surface area (Å²) in [6.45, 7) is 11.5. The van der Waals surface area contributed by atoms with Gasteiger partial charge in [0.1, 0.15) is 0 Å². The van der Waals surface area contributed by atoms with Crippen LogP contribution in [0.4, 0.5) is 0 Å². The molecule has 1 aliphatic carbocycles. The number of rotatable bonds is 2. The molecule has 0 aromatic heterocycles. The summed E-state index contributed by atoms with van der Waals surface area (Å²) in [6, 6.07) is 0.694. The van der Waals surface area contributed by atoms with E-state index in [1.807, 2.05) is 0 Å². The lowest BCUT2D eigenvalue weighted by Crippen LogP contribution is -2.46. The molecule has 2 nitrogen and oxygen atoms in total. The van der Waals surface area contributed by atoms with Gasteiger partial charge in [-0.15, -0.1) is 0 Å². The molecule has 1 saturated heterocycles. The molecule has 4 atom stereocenters. The van der Waals surface area contributed by atoms with E-state index in [0.717, 1.165) is 12.5 Å². The van der Waals surface area contributed by atoms with E-state index in [9.17, 15) is 5.11 Å². The zero-order valence-electron chi connectivity index (χ0n) is 11.9. The lowest BCUT2D eigenvalue weighted by Gasteiger charge is -2.40. The summed E-state index contributed by atoms with van der Waals surface area (Å²) in [5, 5.41) is 10.4. The second kappa shape index (κ2) is 4.89. The van der Waals surface area contributed by atoms with Crippen LogP contribution in [-0.4, -0.2) is 35.2 Å². The van der Waals surface area contributed by atoms with E-state index < -0.39 is 0 Å². The smallest absolute Gasteiger partial charge is 0.0631 e. The topological polar surface area (TPSA) is 23.5 Å². The first-order chi connectivity index (χ1) is 7.92. The highest BCUT2D eigenvalue weighted by molar-refractivity contribution is 4.93.